The van der Waals surface area contributed by atoms with Gasteiger partial charge in [-0.25, -0.2) is 4.79 Å². The van der Waals surface area contributed by atoms with Gasteiger partial charge >= 0.3 is 6.03 Å². The van der Waals surface area contributed by atoms with Crippen LogP contribution in [0.2, 0.25) is 0 Å². The highest BCUT2D eigenvalue weighted by Gasteiger charge is 2.17. The van der Waals surface area contributed by atoms with E-state index in [1.165, 1.54) is 4.90 Å². The molecule has 0 heterocycles. The molecule has 3 N–H and O–H groups in total. The molecule has 0 radical (unpaired) electrons. The van der Waals surface area contributed by atoms with Crippen LogP contribution in [-0.2, 0) is 4.79 Å². The van der Waals surface area contributed by atoms with Crippen LogP contribution < -0.4 is 11.1 Å². The van der Waals surface area contributed by atoms with E-state index in [0.29, 0.717) is 6.54 Å². The van der Waals surface area contributed by atoms with E-state index in [9.17, 15) is 9.59 Å². The van der Waals surface area contributed by atoms with E-state index in [0.717, 1.165) is 6.42 Å². The fraction of sp³-hybridized carbons (Fsp3) is 0.778. The summed E-state index contributed by atoms with van der Waals surface area (Å²) in [5.41, 5.74) is 5.04. The van der Waals surface area contributed by atoms with Crippen molar-refractivity contribution in [2.45, 2.75) is 33.2 Å². The number of hydrogen-bond acceptors (Lipinski definition) is 2. The van der Waals surface area contributed by atoms with Crippen LogP contribution in [0.1, 0.15) is 27.2 Å². The quantitative estimate of drug-likeness (QED) is 0.671. The standard InChI is InChI=1S/C9H19N3O2/c1-4-5-11-9(14)12(7(2)3)6-8(10)13/h7H,4-6H2,1-3H3,(H2,10,13)(H,11,14). The molecule has 0 saturated carbocycles. The Morgan fingerprint density at radius 1 is 1.43 bits per heavy atom. The molecule has 0 aromatic carbocycles. The number of amides is 3. The van der Waals surface area contributed by atoms with Crippen LogP contribution in [0.3, 0.4) is 0 Å². The fourth-order valence-corrected chi connectivity index (χ4v) is 0.990. The molecule has 0 rings (SSSR count). The highest BCUT2D eigenvalue weighted by atomic mass is 16.2. The Morgan fingerprint density at radius 3 is 2.36 bits per heavy atom. The van der Waals surface area contributed by atoms with Gasteiger partial charge in [-0.15, -0.1) is 0 Å². The predicted octanol–water partition coefficient (Wildman–Crippen LogP) is 0.302. The first-order chi connectivity index (χ1) is 6.49. The van der Waals surface area contributed by atoms with Crippen molar-refractivity contribution >= 4 is 11.9 Å². The number of nitrogens with one attached hydrogen (secondary N) is 1. The van der Waals surface area contributed by atoms with Crippen molar-refractivity contribution in [3.63, 3.8) is 0 Å². The summed E-state index contributed by atoms with van der Waals surface area (Å²) in [7, 11) is 0. The summed E-state index contributed by atoms with van der Waals surface area (Å²) in [6.07, 6.45) is 0.869. The Hall–Kier alpha value is -1.26. The van der Waals surface area contributed by atoms with Gasteiger partial charge in [-0.05, 0) is 20.3 Å². The largest absolute Gasteiger partial charge is 0.368 e. The second-order valence-corrected chi connectivity index (χ2v) is 3.42. The molecule has 0 aromatic heterocycles. The molecule has 0 aliphatic heterocycles. The van der Waals surface area contributed by atoms with Gasteiger partial charge in [0.25, 0.3) is 0 Å². The molecule has 0 fully saturated rings. The van der Waals surface area contributed by atoms with Gasteiger partial charge in [0.2, 0.25) is 5.91 Å². The number of rotatable bonds is 5. The van der Waals surface area contributed by atoms with E-state index >= 15 is 0 Å². The summed E-state index contributed by atoms with van der Waals surface area (Å²) in [6, 6.07) is -0.264. The van der Waals surface area contributed by atoms with Crippen molar-refractivity contribution in [1.82, 2.24) is 10.2 Å². The van der Waals surface area contributed by atoms with E-state index in [-0.39, 0.29) is 18.6 Å². The summed E-state index contributed by atoms with van der Waals surface area (Å²) >= 11 is 0. The van der Waals surface area contributed by atoms with Crippen molar-refractivity contribution in [2.75, 3.05) is 13.1 Å². The van der Waals surface area contributed by atoms with Crippen LogP contribution in [0.4, 0.5) is 4.79 Å². The highest BCUT2D eigenvalue weighted by Crippen LogP contribution is 1.97. The normalized spacial score (nSPS) is 10.0. The Balaban J connectivity index is 4.19. The average Bonchev–Trinajstić information content (AvgIpc) is 2.09. The van der Waals surface area contributed by atoms with E-state index in [4.69, 9.17) is 5.73 Å². The Morgan fingerprint density at radius 2 is 2.00 bits per heavy atom. The monoisotopic (exact) mass is 201 g/mol. The van der Waals surface area contributed by atoms with Gasteiger partial charge in [-0.3, -0.25) is 4.79 Å². The molecule has 5 heteroatoms. The zero-order chi connectivity index (χ0) is 11.1. The summed E-state index contributed by atoms with van der Waals surface area (Å²) in [6.45, 7) is 6.23. The van der Waals surface area contributed by atoms with E-state index in [2.05, 4.69) is 5.32 Å². The number of nitrogens with two attached hydrogens (primary N) is 1. The van der Waals surface area contributed by atoms with Crippen molar-refractivity contribution in [1.29, 1.82) is 0 Å². The number of primary amides is 1. The topological polar surface area (TPSA) is 75.4 Å². The first-order valence-corrected chi connectivity index (χ1v) is 4.81. The lowest BCUT2D eigenvalue weighted by Gasteiger charge is -2.25. The molecule has 0 saturated heterocycles. The number of carbonyl (C=O) groups excluding carboxylic acids is 2. The van der Waals surface area contributed by atoms with E-state index < -0.39 is 5.91 Å². The molecular formula is C9H19N3O2. The zero-order valence-corrected chi connectivity index (χ0v) is 9.04. The third-order valence-corrected chi connectivity index (χ3v) is 1.74. The highest BCUT2D eigenvalue weighted by molar-refractivity contribution is 5.83. The van der Waals surface area contributed by atoms with Crippen LogP contribution in [0.25, 0.3) is 0 Å². The lowest BCUT2D eigenvalue weighted by molar-refractivity contribution is -0.118. The molecule has 0 aliphatic carbocycles. The fourth-order valence-electron chi connectivity index (χ4n) is 0.990. The molecule has 0 spiro atoms. The van der Waals surface area contributed by atoms with Crippen molar-refractivity contribution in [2.24, 2.45) is 5.73 Å². The van der Waals surface area contributed by atoms with Gasteiger partial charge in [0.1, 0.15) is 6.54 Å². The van der Waals surface area contributed by atoms with Crippen LogP contribution in [0.15, 0.2) is 0 Å². The van der Waals surface area contributed by atoms with Crippen LogP contribution in [-0.4, -0.2) is 36.0 Å². The van der Waals surface area contributed by atoms with Crippen molar-refractivity contribution in [3.8, 4) is 0 Å². The second-order valence-electron chi connectivity index (χ2n) is 3.42. The number of carbonyl (C=O) groups is 2. The number of nitrogens with zero attached hydrogens (tertiary/aromatic N) is 1. The molecular weight excluding hydrogens is 182 g/mol. The summed E-state index contributed by atoms with van der Waals surface area (Å²) in [5, 5.41) is 2.70. The summed E-state index contributed by atoms with van der Waals surface area (Å²) in [4.78, 5) is 23.6. The summed E-state index contributed by atoms with van der Waals surface area (Å²) in [5.74, 6) is -0.495. The number of urea groups is 1. The molecule has 82 valence electrons. The zero-order valence-electron chi connectivity index (χ0n) is 9.04. The minimum absolute atomic E-state index is 0.0284. The van der Waals surface area contributed by atoms with Crippen LogP contribution >= 0.6 is 0 Å². The van der Waals surface area contributed by atoms with Crippen molar-refractivity contribution in [3.05, 3.63) is 0 Å². The average molecular weight is 201 g/mol. The molecule has 0 aromatic rings. The SMILES string of the molecule is CCCNC(=O)N(CC(N)=O)C(C)C. The molecule has 0 unspecified atom stereocenters. The Kier molecular flexibility index (Phi) is 5.67. The van der Waals surface area contributed by atoms with E-state index in [1.54, 1.807) is 0 Å². The second kappa shape index (κ2) is 6.23. The lowest BCUT2D eigenvalue weighted by atomic mass is 10.3. The first kappa shape index (κ1) is 12.7. The molecule has 3 amide bonds. The maximum absolute atomic E-state index is 11.5. The maximum Gasteiger partial charge on any atom is 0.318 e. The first-order valence-electron chi connectivity index (χ1n) is 4.81. The summed E-state index contributed by atoms with van der Waals surface area (Å²) < 4.78 is 0. The molecule has 14 heavy (non-hydrogen) atoms. The Bertz CT molecular complexity index is 204. The van der Waals surface area contributed by atoms with Gasteiger partial charge < -0.3 is 16.0 Å². The van der Waals surface area contributed by atoms with Gasteiger partial charge in [0.05, 0.1) is 0 Å². The van der Waals surface area contributed by atoms with E-state index in [1.807, 2.05) is 20.8 Å². The molecule has 0 aliphatic rings. The van der Waals surface area contributed by atoms with Crippen LogP contribution in [0.5, 0.6) is 0 Å². The maximum atomic E-state index is 11.5. The van der Waals surface area contributed by atoms with Gasteiger partial charge in [0, 0.05) is 12.6 Å². The van der Waals surface area contributed by atoms with Crippen LogP contribution in [0, 0.1) is 0 Å². The van der Waals surface area contributed by atoms with Crippen molar-refractivity contribution < 1.29 is 9.59 Å². The third kappa shape index (κ3) is 4.69. The Labute approximate surface area is 84.6 Å². The van der Waals surface area contributed by atoms with Gasteiger partial charge in [-0.2, -0.15) is 0 Å². The predicted molar refractivity (Wildman–Crippen MR) is 54.7 cm³/mol. The third-order valence-electron chi connectivity index (χ3n) is 1.74. The van der Waals surface area contributed by atoms with Gasteiger partial charge in [0.15, 0.2) is 0 Å². The molecule has 5 nitrogen and oxygen atoms in total. The molecule has 0 atom stereocenters. The molecule has 0 bridgehead atoms. The minimum atomic E-state index is -0.495. The van der Waals surface area contributed by atoms with Gasteiger partial charge in [-0.1, -0.05) is 6.92 Å². The lowest BCUT2D eigenvalue weighted by Crippen LogP contribution is -2.47. The smallest absolute Gasteiger partial charge is 0.318 e. The minimum Gasteiger partial charge on any atom is -0.368 e. The number of hydrogen-bond donors (Lipinski definition) is 2.